The third-order valence-electron chi connectivity index (χ3n) is 3.87. The Kier molecular flexibility index (Phi) is 7.34. The number of benzene rings is 2. The average molecular weight is 477 g/mol. The van der Waals surface area contributed by atoms with E-state index in [9.17, 15) is 43.9 Å². The molecule has 0 unspecified atom stereocenters. The highest BCUT2D eigenvalue weighted by molar-refractivity contribution is 7.99. The molecule has 0 spiro atoms. The predicted molar refractivity (Wildman–Crippen MR) is 96.2 cm³/mol. The molecule has 0 radical (unpaired) electrons. The van der Waals surface area contributed by atoms with Crippen LogP contribution in [0.1, 0.15) is 16.7 Å². The molecule has 31 heavy (non-hydrogen) atoms. The molecule has 0 fully saturated rings. The van der Waals surface area contributed by atoms with Gasteiger partial charge in [0.15, 0.2) is 0 Å². The smallest absolute Gasteiger partial charge is 0.245 e. The molecule has 170 valence electrons. The highest BCUT2D eigenvalue weighted by Gasteiger charge is 2.36. The summed E-state index contributed by atoms with van der Waals surface area (Å²) in [5.74, 6) is -2.51. The van der Waals surface area contributed by atoms with E-state index in [1.54, 1.807) is 0 Å². The summed E-state index contributed by atoms with van der Waals surface area (Å²) in [4.78, 5) is 3.14. The third-order valence-corrected chi connectivity index (χ3v) is 5.09. The molecule has 0 aliphatic rings. The van der Waals surface area contributed by atoms with Crippen molar-refractivity contribution in [1.29, 1.82) is 0 Å². The highest BCUT2D eigenvalue weighted by atomic mass is 32.2. The van der Waals surface area contributed by atoms with Crippen molar-refractivity contribution in [2.45, 2.75) is 36.8 Å². The third kappa shape index (κ3) is 7.44. The van der Waals surface area contributed by atoms with Crippen LogP contribution >= 0.6 is 11.8 Å². The fourth-order valence-corrected chi connectivity index (χ4v) is 3.20. The Morgan fingerprint density at radius 2 is 1.48 bits per heavy atom. The molecular weight excluding hydrogens is 464 g/mol. The lowest BCUT2D eigenvalue weighted by Gasteiger charge is -2.14. The lowest BCUT2D eigenvalue weighted by atomic mass is 10.1. The van der Waals surface area contributed by atoms with Crippen LogP contribution in [0.5, 0.6) is 0 Å². The molecule has 2 rings (SSSR count). The Hall–Kier alpha value is -2.24. The minimum Gasteiger partial charge on any atom is -0.245 e. The van der Waals surface area contributed by atoms with E-state index in [0.29, 0.717) is 12.1 Å². The van der Waals surface area contributed by atoms with Gasteiger partial charge in [-0.25, -0.2) is 9.38 Å². The first-order chi connectivity index (χ1) is 14.1. The van der Waals surface area contributed by atoms with Crippen molar-refractivity contribution in [2.24, 2.45) is 4.99 Å². The summed E-state index contributed by atoms with van der Waals surface area (Å²) in [6.07, 6.45) is -15.2. The zero-order valence-electron chi connectivity index (χ0n) is 15.5. The molecule has 12 heteroatoms. The van der Waals surface area contributed by atoms with Crippen LogP contribution in [0.25, 0.3) is 0 Å². The Morgan fingerprint density at radius 1 is 0.903 bits per heavy atom. The van der Waals surface area contributed by atoms with Crippen molar-refractivity contribution in [1.82, 2.24) is 0 Å². The minimum atomic E-state index is -5.06. The maximum Gasteiger partial charge on any atom is 0.429 e. The number of nitrogens with zero attached hydrogens (tertiary/aromatic N) is 1. The zero-order chi connectivity index (χ0) is 23.6. The summed E-state index contributed by atoms with van der Waals surface area (Å²) >= 11 is 0.271. The standard InChI is InChI=1S/C19H13F10NS/c1-10-6-13(20)14(8-15(10)31-9-17(21,22)23)30-16(19(27,28)29)7-11-2-4-12(5-3-11)18(24,25)26/h2-6,8H,7,9H2,1H3. The molecule has 0 saturated carbocycles. The lowest BCUT2D eigenvalue weighted by molar-refractivity contribution is -0.137. The summed E-state index contributed by atoms with van der Waals surface area (Å²) in [5, 5.41) is 0. The first-order valence-electron chi connectivity index (χ1n) is 8.37. The fraction of sp³-hybridized carbons (Fsp3) is 0.316. The predicted octanol–water partition coefficient (Wildman–Crippen LogP) is 7.68. The average Bonchev–Trinajstić information content (AvgIpc) is 2.60. The van der Waals surface area contributed by atoms with Gasteiger partial charge < -0.3 is 0 Å². The minimum absolute atomic E-state index is 0.0852. The molecule has 0 aromatic heterocycles. The van der Waals surface area contributed by atoms with Gasteiger partial charge in [-0.1, -0.05) is 12.1 Å². The first-order valence-corrected chi connectivity index (χ1v) is 9.35. The number of hydrogen-bond donors (Lipinski definition) is 0. The van der Waals surface area contributed by atoms with E-state index >= 15 is 0 Å². The van der Waals surface area contributed by atoms with Crippen molar-refractivity contribution in [3.8, 4) is 0 Å². The van der Waals surface area contributed by atoms with Gasteiger partial charge in [0.05, 0.1) is 11.3 Å². The molecular formula is C19H13F10NS. The SMILES string of the molecule is Cc1cc(F)c(N=C(Cc2ccc(C(F)(F)F)cc2)C(F)(F)F)cc1SCC(F)(F)F. The quantitative estimate of drug-likeness (QED) is 0.244. The summed E-state index contributed by atoms with van der Waals surface area (Å²) in [5.41, 5.74) is -3.47. The molecule has 0 heterocycles. The maximum atomic E-state index is 14.1. The van der Waals surface area contributed by atoms with E-state index in [0.717, 1.165) is 24.3 Å². The van der Waals surface area contributed by atoms with Crippen LogP contribution in [0.4, 0.5) is 49.6 Å². The number of aliphatic imine (C=N–C) groups is 1. The van der Waals surface area contributed by atoms with E-state index in [1.807, 2.05) is 0 Å². The topological polar surface area (TPSA) is 12.4 Å². The van der Waals surface area contributed by atoms with E-state index in [1.165, 1.54) is 6.92 Å². The van der Waals surface area contributed by atoms with E-state index in [4.69, 9.17) is 0 Å². The molecule has 0 saturated heterocycles. The van der Waals surface area contributed by atoms with Crippen molar-refractivity contribution in [3.05, 3.63) is 58.9 Å². The Labute approximate surface area is 174 Å². The fourth-order valence-electron chi connectivity index (χ4n) is 2.40. The molecule has 0 atom stereocenters. The van der Waals surface area contributed by atoms with E-state index in [-0.39, 0.29) is 27.8 Å². The number of halogens is 10. The Morgan fingerprint density at radius 3 is 1.97 bits per heavy atom. The van der Waals surface area contributed by atoms with Crippen LogP contribution in [-0.2, 0) is 12.6 Å². The second-order valence-electron chi connectivity index (χ2n) is 6.40. The largest absolute Gasteiger partial charge is 0.429 e. The van der Waals surface area contributed by atoms with Crippen molar-refractivity contribution >= 4 is 23.2 Å². The number of rotatable bonds is 5. The van der Waals surface area contributed by atoms with E-state index < -0.39 is 53.5 Å². The second-order valence-corrected chi connectivity index (χ2v) is 7.42. The Balaban J connectivity index is 2.39. The number of hydrogen-bond acceptors (Lipinski definition) is 2. The Bertz CT molecular complexity index is 940. The van der Waals surface area contributed by atoms with Gasteiger partial charge >= 0.3 is 18.5 Å². The van der Waals surface area contributed by atoms with Crippen LogP contribution < -0.4 is 0 Å². The van der Waals surface area contributed by atoms with Crippen LogP contribution in [0, 0.1) is 12.7 Å². The van der Waals surface area contributed by atoms with Crippen molar-refractivity contribution in [2.75, 3.05) is 5.75 Å². The molecule has 0 bridgehead atoms. The molecule has 2 aromatic carbocycles. The van der Waals surface area contributed by atoms with Gasteiger partial charge in [-0.2, -0.15) is 39.5 Å². The zero-order valence-corrected chi connectivity index (χ0v) is 16.3. The van der Waals surface area contributed by atoms with Crippen molar-refractivity contribution in [3.63, 3.8) is 0 Å². The van der Waals surface area contributed by atoms with Gasteiger partial charge in [0.1, 0.15) is 17.2 Å². The monoisotopic (exact) mass is 477 g/mol. The summed E-state index contributed by atoms with van der Waals surface area (Å²) < 4.78 is 129. The van der Waals surface area contributed by atoms with Gasteiger partial charge in [-0.05, 0) is 42.3 Å². The summed E-state index contributed by atoms with van der Waals surface area (Å²) in [6, 6.07) is 4.41. The molecule has 0 aliphatic heterocycles. The van der Waals surface area contributed by atoms with Crippen LogP contribution in [0.3, 0.4) is 0 Å². The molecule has 0 amide bonds. The molecule has 0 aliphatic carbocycles. The van der Waals surface area contributed by atoms with Gasteiger partial charge in [-0.15, -0.1) is 11.8 Å². The number of thioether (sulfide) groups is 1. The molecule has 1 nitrogen and oxygen atoms in total. The van der Waals surface area contributed by atoms with Gasteiger partial charge in [-0.3, -0.25) is 0 Å². The number of alkyl halides is 9. The lowest BCUT2D eigenvalue weighted by Crippen LogP contribution is -2.25. The maximum absolute atomic E-state index is 14.1. The van der Waals surface area contributed by atoms with Gasteiger partial charge in [0.2, 0.25) is 0 Å². The molecule has 2 aromatic rings. The molecule has 0 N–H and O–H groups in total. The van der Waals surface area contributed by atoms with Gasteiger partial charge in [0, 0.05) is 11.3 Å². The van der Waals surface area contributed by atoms with Gasteiger partial charge in [0.25, 0.3) is 0 Å². The van der Waals surface area contributed by atoms with Crippen LogP contribution in [0.15, 0.2) is 46.3 Å². The van der Waals surface area contributed by atoms with Crippen LogP contribution in [-0.4, -0.2) is 23.8 Å². The summed E-state index contributed by atoms with van der Waals surface area (Å²) in [7, 11) is 0. The summed E-state index contributed by atoms with van der Waals surface area (Å²) in [6.45, 7) is 1.29. The normalized spacial score (nSPS) is 13.6. The number of aryl methyl sites for hydroxylation is 1. The first kappa shape index (κ1) is 25.0. The second kappa shape index (κ2) is 9.09. The highest BCUT2D eigenvalue weighted by Crippen LogP contribution is 2.35. The van der Waals surface area contributed by atoms with Crippen LogP contribution in [0.2, 0.25) is 0 Å². The van der Waals surface area contributed by atoms with Crippen molar-refractivity contribution < 1.29 is 43.9 Å². The van der Waals surface area contributed by atoms with E-state index in [2.05, 4.69) is 4.99 Å².